The summed E-state index contributed by atoms with van der Waals surface area (Å²) in [6.07, 6.45) is 2.19. The molecule has 0 aliphatic heterocycles. The minimum atomic E-state index is -3.24. The molecule has 0 N–H and O–H groups in total. The molecule has 0 spiro atoms. The second-order valence-electron chi connectivity index (χ2n) is 5.58. The monoisotopic (exact) mass is 332 g/mol. The molecule has 0 aliphatic rings. The first kappa shape index (κ1) is 17.8. The standard InChI is InChI=1S/C19H25O3P/c1-4-10-18-14-9-11-16(3)19(18)22-23(20,21-5-2)15-17-12-7-6-8-13-17/h6-9,11-14H,4-5,10,15H2,1-3H3. The minimum Gasteiger partial charge on any atom is -0.424 e. The minimum absolute atomic E-state index is 0.279. The van der Waals surface area contributed by atoms with Crippen LogP contribution in [0.3, 0.4) is 0 Å². The van der Waals surface area contributed by atoms with Gasteiger partial charge >= 0.3 is 7.60 Å². The second kappa shape index (κ2) is 8.33. The van der Waals surface area contributed by atoms with Gasteiger partial charge in [0.15, 0.2) is 0 Å². The van der Waals surface area contributed by atoms with Crippen LogP contribution < -0.4 is 4.52 Å². The Hall–Kier alpha value is -1.57. The summed E-state index contributed by atoms with van der Waals surface area (Å²) in [6.45, 7) is 6.30. The number of hydrogen-bond donors (Lipinski definition) is 0. The maximum absolute atomic E-state index is 13.2. The van der Waals surface area contributed by atoms with Crippen LogP contribution in [0.1, 0.15) is 37.0 Å². The van der Waals surface area contributed by atoms with Crippen LogP contribution in [0.25, 0.3) is 0 Å². The van der Waals surface area contributed by atoms with Crippen molar-refractivity contribution < 1.29 is 13.6 Å². The van der Waals surface area contributed by atoms with Crippen LogP contribution in [-0.4, -0.2) is 6.61 Å². The zero-order valence-electron chi connectivity index (χ0n) is 14.1. The summed E-state index contributed by atoms with van der Waals surface area (Å²) in [5, 5.41) is 0. The number of para-hydroxylation sites is 1. The van der Waals surface area contributed by atoms with E-state index >= 15 is 0 Å². The molecular formula is C19H25O3P. The van der Waals surface area contributed by atoms with E-state index in [4.69, 9.17) is 9.05 Å². The first-order valence-corrected chi connectivity index (χ1v) is 9.86. The van der Waals surface area contributed by atoms with Crippen molar-refractivity contribution in [3.63, 3.8) is 0 Å². The molecule has 2 aromatic carbocycles. The number of rotatable bonds is 8. The predicted molar refractivity (Wildman–Crippen MR) is 95.2 cm³/mol. The fourth-order valence-corrected chi connectivity index (χ4v) is 4.36. The Kier molecular flexibility index (Phi) is 6.44. The van der Waals surface area contributed by atoms with Gasteiger partial charge in [0.25, 0.3) is 0 Å². The summed E-state index contributed by atoms with van der Waals surface area (Å²) < 4.78 is 24.8. The van der Waals surface area contributed by atoms with E-state index in [1.165, 1.54) is 0 Å². The van der Waals surface area contributed by atoms with Crippen molar-refractivity contribution in [3.8, 4) is 5.75 Å². The van der Waals surface area contributed by atoms with Crippen LogP contribution >= 0.6 is 7.60 Å². The van der Waals surface area contributed by atoms with Crippen LogP contribution in [0.4, 0.5) is 0 Å². The summed E-state index contributed by atoms with van der Waals surface area (Å²) in [7, 11) is -3.24. The van der Waals surface area contributed by atoms with Gasteiger partial charge in [-0.3, -0.25) is 4.52 Å². The maximum atomic E-state index is 13.2. The largest absolute Gasteiger partial charge is 0.424 e. The number of hydrogen-bond acceptors (Lipinski definition) is 3. The third kappa shape index (κ3) is 4.95. The average molecular weight is 332 g/mol. The lowest BCUT2D eigenvalue weighted by atomic mass is 10.1. The summed E-state index contributed by atoms with van der Waals surface area (Å²) in [5.41, 5.74) is 3.03. The Morgan fingerprint density at radius 1 is 1.00 bits per heavy atom. The van der Waals surface area contributed by atoms with E-state index in [2.05, 4.69) is 6.92 Å². The highest BCUT2D eigenvalue weighted by atomic mass is 31.2. The van der Waals surface area contributed by atoms with Crippen LogP contribution in [0.2, 0.25) is 0 Å². The Labute approximate surface area is 139 Å². The molecule has 124 valence electrons. The van der Waals surface area contributed by atoms with E-state index in [9.17, 15) is 4.57 Å². The van der Waals surface area contributed by atoms with Crippen molar-refractivity contribution in [2.45, 2.75) is 39.8 Å². The van der Waals surface area contributed by atoms with Crippen molar-refractivity contribution in [2.75, 3.05) is 6.61 Å². The molecule has 4 heteroatoms. The van der Waals surface area contributed by atoms with Gasteiger partial charge < -0.3 is 4.52 Å². The van der Waals surface area contributed by atoms with Crippen LogP contribution in [0, 0.1) is 6.92 Å². The van der Waals surface area contributed by atoms with E-state index in [1.54, 1.807) is 0 Å². The molecule has 1 unspecified atom stereocenters. The molecule has 2 aromatic rings. The van der Waals surface area contributed by atoms with Gasteiger partial charge in [-0.25, -0.2) is 4.57 Å². The number of benzene rings is 2. The highest BCUT2D eigenvalue weighted by molar-refractivity contribution is 7.53. The Balaban J connectivity index is 2.31. The fourth-order valence-electron chi connectivity index (χ4n) is 2.56. The first-order valence-electron chi connectivity index (χ1n) is 8.13. The molecule has 0 bridgehead atoms. The molecule has 0 radical (unpaired) electrons. The van der Waals surface area contributed by atoms with Gasteiger partial charge in [0.1, 0.15) is 5.75 Å². The molecular weight excluding hydrogens is 307 g/mol. The van der Waals surface area contributed by atoms with Gasteiger partial charge in [0, 0.05) is 0 Å². The molecule has 0 saturated carbocycles. The molecule has 0 aliphatic carbocycles. The van der Waals surface area contributed by atoms with Crippen LogP contribution in [0.5, 0.6) is 5.75 Å². The van der Waals surface area contributed by atoms with Crippen LogP contribution in [0.15, 0.2) is 48.5 Å². The molecule has 3 nitrogen and oxygen atoms in total. The first-order chi connectivity index (χ1) is 11.1. The van der Waals surface area contributed by atoms with Gasteiger partial charge in [-0.1, -0.05) is 61.9 Å². The maximum Gasteiger partial charge on any atom is 0.383 e. The predicted octanol–water partition coefficient (Wildman–Crippen LogP) is 5.76. The molecule has 23 heavy (non-hydrogen) atoms. The van der Waals surface area contributed by atoms with Gasteiger partial charge in [-0.15, -0.1) is 0 Å². The molecule has 0 aromatic heterocycles. The highest BCUT2D eigenvalue weighted by Gasteiger charge is 2.28. The van der Waals surface area contributed by atoms with Crippen molar-refractivity contribution in [3.05, 3.63) is 65.2 Å². The van der Waals surface area contributed by atoms with Crippen molar-refractivity contribution in [1.29, 1.82) is 0 Å². The summed E-state index contributed by atoms with van der Waals surface area (Å²) in [6, 6.07) is 15.7. The normalized spacial score (nSPS) is 13.5. The lowest BCUT2D eigenvalue weighted by Gasteiger charge is -2.22. The third-order valence-corrected chi connectivity index (χ3v) is 5.45. The smallest absolute Gasteiger partial charge is 0.383 e. The molecule has 2 rings (SSSR count). The molecule has 0 fully saturated rings. The summed E-state index contributed by atoms with van der Waals surface area (Å²) >= 11 is 0. The van der Waals surface area contributed by atoms with Crippen LogP contribution in [-0.2, 0) is 21.7 Å². The molecule has 1 atom stereocenters. The topological polar surface area (TPSA) is 35.5 Å². The van der Waals surface area contributed by atoms with Crippen molar-refractivity contribution >= 4 is 7.60 Å². The van der Waals surface area contributed by atoms with E-state index in [0.29, 0.717) is 12.4 Å². The summed E-state index contributed by atoms with van der Waals surface area (Å²) in [4.78, 5) is 0. The Morgan fingerprint density at radius 2 is 1.74 bits per heavy atom. The molecule has 0 saturated heterocycles. The van der Waals surface area contributed by atoms with Gasteiger partial charge in [-0.2, -0.15) is 0 Å². The van der Waals surface area contributed by atoms with Crippen molar-refractivity contribution in [1.82, 2.24) is 0 Å². The van der Waals surface area contributed by atoms with Gasteiger partial charge in [0.05, 0.1) is 12.8 Å². The Bertz CT molecular complexity index is 668. The third-order valence-electron chi connectivity index (χ3n) is 3.59. The lowest BCUT2D eigenvalue weighted by molar-refractivity contribution is 0.277. The van der Waals surface area contributed by atoms with E-state index in [-0.39, 0.29) is 6.16 Å². The van der Waals surface area contributed by atoms with E-state index in [0.717, 1.165) is 29.5 Å². The highest BCUT2D eigenvalue weighted by Crippen LogP contribution is 2.52. The van der Waals surface area contributed by atoms with E-state index in [1.807, 2.05) is 62.4 Å². The summed E-state index contributed by atoms with van der Waals surface area (Å²) in [5.74, 6) is 0.710. The average Bonchev–Trinajstić information content (AvgIpc) is 2.52. The van der Waals surface area contributed by atoms with Crippen molar-refractivity contribution in [2.24, 2.45) is 0 Å². The van der Waals surface area contributed by atoms with E-state index < -0.39 is 7.60 Å². The Morgan fingerprint density at radius 3 is 2.39 bits per heavy atom. The molecule has 0 heterocycles. The fraction of sp³-hybridized carbons (Fsp3) is 0.368. The zero-order chi connectivity index (χ0) is 16.7. The molecule has 0 amide bonds. The zero-order valence-corrected chi connectivity index (χ0v) is 15.0. The number of aryl methyl sites for hydroxylation is 2. The van der Waals surface area contributed by atoms with Gasteiger partial charge in [-0.05, 0) is 37.0 Å². The lowest BCUT2D eigenvalue weighted by Crippen LogP contribution is -2.04. The second-order valence-corrected chi connectivity index (χ2v) is 7.56. The van der Waals surface area contributed by atoms with Gasteiger partial charge in [0.2, 0.25) is 0 Å². The quantitative estimate of drug-likeness (QED) is 0.577. The SMILES string of the molecule is CCCc1cccc(C)c1OP(=O)(Cc1ccccc1)OCC.